The zero-order valence-corrected chi connectivity index (χ0v) is 24.9. The summed E-state index contributed by atoms with van der Waals surface area (Å²) in [4.78, 5) is 0. The molecule has 0 unspecified atom stereocenters. The van der Waals surface area contributed by atoms with Crippen molar-refractivity contribution in [1.29, 1.82) is 0 Å². The van der Waals surface area contributed by atoms with Gasteiger partial charge in [0.05, 0.1) is 19.1 Å². The third-order valence-corrected chi connectivity index (χ3v) is 12.5. The van der Waals surface area contributed by atoms with Gasteiger partial charge in [-0.2, -0.15) is 16.8 Å². The van der Waals surface area contributed by atoms with Crippen molar-refractivity contribution in [3.63, 3.8) is 0 Å². The molecule has 3 rings (SSSR count). The molecule has 5 atom stereocenters. The van der Waals surface area contributed by atoms with Crippen LogP contribution in [-0.2, 0) is 42.5 Å². The first-order chi connectivity index (χ1) is 17.6. The van der Waals surface area contributed by atoms with Crippen LogP contribution >= 0.6 is 0 Å². The second-order valence-corrected chi connectivity index (χ2v) is 17.8. The third kappa shape index (κ3) is 7.09. The van der Waals surface area contributed by atoms with Crippen molar-refractivity contribution < 1.29 is 44.2 Å². The summed E-state index contributed by atoms with van der Waals surface area (Å²) in [5.41, 5.74) is 0. The van der Waals surface area contributed by atoms with Crippen molar-refractivity contribution in [2.24, 2.45) is 0 Å². The molecule has 0 aromatic heterocycles. The highest BCUT2D eigenvalue weighted by molar-refractivity contribution is 7.86. The summed E-state index contributed by atoms with van der Waals surface area (Å²) in [7, 11) is -10.0. The van der Waals surface area contributed by atoms with Crippen molar-refractivity contribution in [2.75, 3.05) is 26.2 Å². The smallest absolute Gasteiger partial charge is 0.264 e. The van der Waals surface area contributed by atoms with E-state index in [9.17, 15) is 21.9 Å². The summed E-state index contributed by atoms with van der Waals surface area (Å²) >= 11 is 0. The third-order valence-electron chi connectivity index (χ3n) is 6.30. The maximum Gasteiger partial charge on any atom is 0.264 e. The van der Waals surface area contributed by atoms with Crippen LogP contribution in [0.1, 0.15) is 20.8 Å². The molecule has 13 heteroatoms. The SMILES string of the molecule is CO[C@H]1O[C@H](CO[Si](c2ccccc2)(c2ccccc2)C(C)(C)C)[C@@H](O)[C@H](OS(C)(=O)=O)[C@H]1OS(C)(=O)=O. The predicted octanol–water partition coefficient (Wildman–Crippen LogP) is 0.985. The Kier molecular flexibility index (Phi) is 9.60. The van der Waals surface area contributed by atoms with Gasteiger partial charge in [-0.25, -0.2) is 0 Å². The average Bonchev–Trinajstić information content (AvgIpc) is 2.82. The number of hydrogen-bond donors (Lipinski definition) is 1. The molecule has 10 nitrogen and oxygen atoms in total. The summed E-state index contributed by atoms with van der Waals surface area (Å²) in [5, 5.41) is 12.8. The van der Waals surface area contributed by atoms with Gasteiger partial charge in [0.25, 0.3) is 28.6 Å². The van der Waals surface area contributed by atoms with E-state index in [4.69, 9.17) is 22.3 Å². The van der Waals surface area contributed by atoms with Crippen LogP contribution in [0.2, 0.25) is 5.04 Å². The minimum Gasteiger partial charge on any atom is -0.405 e. The Balaban J connectivity index is 2.04. The van der Waals surface area contributed by atoms with Crippen molar-refractivity contribution in [3.05, 3.63) is 60.7 Å². The standard InChI is InChI=1S/C25H36O10S2Si/c1-25(2,3)38(18-13-9-7-10-14-18,19-15-11-8-12-16-19)32-17-20-21(26)22(34-36(5,27)28)23(24(31-4)33-20)35-37(6,29)30/h7-16,20-24,26H,17H2,1-6H3/t20-,21-,22+,23-,24+/m1/s1. The van der Waals surface area contributed by atoms with Crippen LogP contribution in [0.25, 0.3) is 0 Å². The first kappa shape index (κ1) is 30.9. The molecular weight excluding hydrogens is 552 g/mol. The molecule has 0 spiro atoms. The van der Waals surface area contributed by atoms with Gasteiger partial charge in [-0.1, -0.05) is 81.4 Å². The monoisotopic (exact) mass is 588 g/mol. The molecule has 0 saturated carbocycles. The lowest BCUT2D eigenvalue weighted by Gasteiger charge is -2.46. The summed E-state index contributed by atoms with van der Waals surface area (Å²) in [6, 6.07) is 19.6. The first-order valence-corrected chi connectivity index (χ1v) is 17.5. The van der Waals surface area contributed by atoms with E-state index in [0.29, 0.717) is 0 Å². The number of aliphatic hydroxyl groups is 1. The van der Waals surface area contributed by atoms with Gasteiger partial charge in [-0.3, -0.25) is 8.37 Å². The molecule has 1 N–H and O–H groups in total. The second kappa shape index (κ2) is 11.8. The highest BCUT2D eigenvalue weighted by Gasteiger charge is 2.54. The fraction of sp³-hybridized carbons (Fsp3) is 0.520. The average molecular weight is 589 g/mol. The van der Waals surface area contributed by atoms with Crippen LogP contribution in [0.4, 0.5) is 0 Å². The van der Waals surface area contributed by atoms with Crippen LogP contribution in [0.3, 0.4) is 0 Å². The first-order valence-electron chi connectivity index (χ1n) is 12.0. The predicted molar refractivity (Wildman–Crippen MR) is 145 cm³/mol. The van der Waals surface area contributed by atoms with Crippen LogP contribution in [-0.4, -0.2) is 87.2 Å². The number of benzene rings is 2. The number of rotatable bonds is 10. The molecule has 0 bridgehead atoms. The van der Waals surface area contributed by atoms with Gasteiger partial charge < -0.3 is 19.0 Å². The lowest BCUT2D eigenvalue weighted by Crippen LogP contribution is -2.68. The fourth-order valence-electron chi connectivity index (χ4n) is 4.80. The van der Waals surface area contributed by atoms with E-state index in [1.54, 1.807) is 0 Å². The Morgan fingerprint density at radius 2 is 1.29 bits per heavy atom. The topological polar surface area (TPSA) is 135 Å². The Morgan fingerprint density at radius 3 is 1.68 bits per heavy atom. The maximum absolute atomic E-state index is 12.0. The fourth-order valence-corrected chi connectivity index (χ4v) is 10.6. The molecule has 1 aliphatic heterocycles. The summed E-state index contributed by atoms with van der Waals surface area (Å²) < 4.78 is 76.0. The van der Waals surface area contributed by atoms with E-state index in [2.05, 4.69) is 20.8 Å². The molecule has 1 fully saturated rings. The van der Waals surface area contributed by atoms with Crippen molar-refractivity contribution in [2.45, 2.75) is 56.5 Å². The number of methoxy groups -OCH3 is 1. The van der Waals surface area contributed by atoms with Gasteiger partial charge in [-0.05, 0) is 15.4 Å². The summed E-state index contributed by atoms with van der Waals surface area (Å²) in [5.74, 6) is 0. The molecule has 0 amide bonds. The zero-order chi connectivity index (χ0) is 28.4. The van der Waals surface area contributed by atoms with E-state index in [1.807, 2.05) is 60.7 Å². The van der Waals surface area contributed by atoms with E-state index < -0.39 is 59.3 Å². The van der Waals surface area contributed by atoms with Crippen molar-refractivity contribution >= 4 is 38.9 Å². The number of ether oxygens (including phenoxy) is 2. The molecule has 0 aliphatic carbocycles. The molecule has 1 saturated heterocycles. The van der Waals surface area contributed by atoms with E-state index in [1.165, 1.54) is 7.11 Å². The van der Waals surface area contributed by atoms with Gasteiger partial charge in [0.2, 0.25) is 0 Å². The Morgan fingerprint density at radius 1 is 0.842 bits per heavy atom. The van der Waals surface area contributed by atoms with Gasteiger partial charge >= 0.3 is 0 Å². The summed E-state index contributed by atoms with van der Waals surface area (Å²) in [6.07, 6.45) is -5.75. The molecule has 1 heterocycles. The summed E-state index contributed by atoms with van der Waals surface area (Å²) in [6.45, 7) is 6.09. The van der Waals surface area contributed by atoms with E-state index in [0.717, 1.165) is 22.9 Å². The van der Waals surface area contributed by atoms with Crippen LogP contribution in [0.5, 0.6) is 0 Å². The van der Waals surface area contributed by atoms with Gasteiger partial charge in [0.1, 0.15) is 18.3 Å². The molecule has 2 aromatic rings. The lowest BCUT2D eigenvalue weighted by molar-refractivity contribution is -0.282. The van der Waals surface area contributed by atoms with Gasteiger partial charge in [-0.15, -0.1) is 0 Å². The second-order valence-electron chi connectivity index (χ2n) is 10.3. The van der Waals surface area contributed by atoms with E-state index in [-0.39, 0.29) is 11.6 Å². The zero-order valence-electron chi connectivity index (χ0n) is 22.3. The van der Waals surface area contributed by atoms with Crippen molar-refractivity contribution in [1.82, 2.24) is 0 Å². The molecule has 2 aromatic carbocycles. The molecule has 38 heavy (non-hydrogen) atoms. The minimum atomic E-state index is -4.13. The normalized spacial score (nSPS) is 25.3. The molecule has 1 aliphatic rings. The van der Waals surface area contributed by atoms with Crippen LogP contribution in [0.15, 0.2) is 60.7 Å². The Bertz CT molecular complexity index is 1220. The van der Waals surface area contributed by atoms with Crippen molar-refractivity contribution in [3.8, 4) is 0 Å². The number of hydrogen-bond acceptors (Lipinski definition) is 10. The Labute approximate surface area is 226 Å². The Hall–Kier alpha value is -1.68. The van der Waals surface area contributed by atoms with Gasteiger partial charge in [0.15, 0.2) is 12.4 Å². The number of aliphatic hydroxyl groups excluding tert-OH is 1. The lowest BCUT2D eigenvalue weighted by atomic mass is 9.99. The maximum atomic E-state index is 12.0. The highest BCUT2D eigenvalue weighted by atomic mass is 32.2. The molecule has 0 radical (unpaired) electrons. The largest absolute Gasteiger partial charge is 0.405 e. The minimum absolute atomic E-state index is 0.163. The van der Waals surface area contributed by atoms with Crippen LogP contribution < -0.4 is 10.4 Å². The molecule has 212 valence electrons. The van der Waals surface area contributed by atoms with E-state index >= 15 is 0 Å². The van der Waals surface area contributed by atoms with Crippen LogP contribution in [0, 0.1) is 0 Å². The highest BCUT2D eigenvalue weighted by Crippen LogP contribution is 2.38. The quantitative estimate of drug-likeness (QED) is 0.316. The molecular formula is C25H36O10S2Si. The van der Waals surface area contributed by atoms with Gasteiger partial charge in [0, 0.05) is 7.11 Å².